The van der Waals surface area contributed by atoms with Gasteiger partial charge < -0.3 is 9.47 Å². The molecule has 6 nitrogen and oxygen atoms in total. The van der Waals surface area contributed by atoms with Crippen LogP contribution in [-0.2, 0) is 5.41 Å². The van der Waals surface area contributed by atoms with E-state index >= 15 is 0 Å². The van der Waals surface area contributed by atoms with Gasteiger partial charge in [-0.3, -0.25) is 5.43 Å². The van der Waals surface area contributed by atoms with Crippen LogP contribution in [0.4, 0.5) is 14.6 Å². The molecule has 134 valence electrons. The Kier molecular flexibility index (Phi) is 5.84. The van der Waals surface area contributed by atoms with Crippen LogP contribution in [0.3, 0.4) is 0 Å². The summed E-state index contributed by atoms with van der Waals surface area (Å²) in [6.07, 6.45) is 1.35. The first-order chi connectivity index (χ1) is 11.8. The van der Waals surface area contributed by atoms with Crippen LogP contribution >= 0.6 is 0 Å². The van der Waals surface area contributed by atoms with Gasteiger partial charge in [-0.2, -0.15) is 19.0 Å². The van der Waals surface area contributed by atoms with Crippen molar-refractivity contribution in [1.82, 2.24) is 10.2 Å². The maximum absolute atomic E-state index is 12.5. The van der Waals surface area contributed by atoms with Gasteiger partial charge >= 0.3 is 6.61 Å². The van der Waals surface area contributed by atoms with Gasteiger partial charge in [-0.25, -0.2) is 0 Å². The first-order valence-electron chi connectivity index (χ1n) is 7.56. The lowest BCUT2D eigenvalue weighted by Gasteiger charge is -2.16. The summed E-state index contributed by atoms with van der Waals surface area (Å²) in [5.41, 5.74) is 3.79. The lowest BCUT2D eigenvalue weighted by atomic mass is 9.92. The third-order valence-corrected chi connectivity index (χ3v) is 3.25. The van der Waals surface area contributed by atoms with E-state index in [-0.39, 0.29) is 11.2 Å². The Hall–Kier alpha value is -2.77. The van der Waals surface area contributed by atoms with Gasteiger partial charge in [-0.05, 0) is 30.3 Å². The maximum Gasteiger partial charge on any atom is 0.387 e. The summed E-state index contributed by atoms with van der Waals surface area (Å²) >= 11 is 0. The average molecular weight is 350 g/mol. The van der Waals surface area contributed by atoms with Gasteiger partial charge in [0, 0.05) is 11.0 Å². The Morgan fingerprint density at radius 2 is 1.92 bits per heavy atom. The molecule has 8 heteroatoms. The highest BCUT2D eigenvalue weighted by Crippen LogP contribution is 2.24. The molecule has 0 saturated heterocycles. The molecule has 0 atom stereocenters. The molecule has 0 saturated carbocycles. The highest BCUT2D eigenvalue weighted by Gasteiger charge is 2.15. The van der Waals surface area contributed by atoms with Crippen molar-refractivity contribution >= 4 is 12.0 Å². The number of ether oxygens (including phenoxy) is 2. The number of rotatable bonds is 6. The normalized spacial score (nSPS) is 11.8. The summed E-state index contributed by atoms with van der Waals surface area (Å²) < 4.78 is 34.5. The highest BCUT2D eigenvalue weighted by molar-refractivity contribution is 5.84. The third-order valence-electron chi connectivity index (χ3n) is 3.25. The molecule has 1 N–H and O–H groups in total. The number of hydrazone groups is 1. The number of halogens is 2. The monoisotopic (exact) mass is 350 g/mol. The first-order valence-corrected chi connectivity index (χ1v) is 7.56. The quantitative estimate of drug-likeness (QED) is 0.633. The SMILES string of the molecule is COc1ccc(OC(F)F)c(/C=N/Nc2ccc(C(C)(C)C)nn2)c1. The van der Waals surface area contributed by atoms with Crippen LogP contribution in [0.15, 0.2) is 35.4 Å². The van der Waals surface area contributed by atoms with Crippen LogP contribution in [0.25, 0.3) is 0 Å². The lowest BCUT2D eigenvalue weighted by Crippen LogP contribution is -2.14. The van der Waals surface area contributed by atoms with E-state index in [2.05, 4.69) is 25.5 Å². The van der Waals surface area contributed by atoms with Crippen molar-refractivity contribution in [2.24, 2.45) is 5.10 Å². The molecular formula is C17H20F2N4O2. The Morgan fingerprint density at radius 3 is 2.48 bits per heavy atom. The number of hydrogen-bond donors (Lipinski definition) is 1. The van der Waals surface area contributed by atoms with Gasteiger partial charge in [0.2, 0.25) is 0 Å². The fraction of sp³-hybridized carbons (Fsp3) is 0.353. The van der Waals surface area contributed by atoms with Gasteiger partial charge in [0.25, 0.3) is 0 Å². The first kappa shape index (κ1) is 18.6. The van der Waals surface area contributed by atoms with Crippen molar-refractivity contribution < 1.29 is 18.3 Å². The highest BCUT2D eigenvalue weighted by atomic mass is 19.3. The Bertz CT molecular complexity index is 728. The minimum atomic E-state index is -2.93. The summed E-state index contributed by atoms with van der Waals surface area (Å²) in [7, 11) is 1.48. The van der Waals surface area contributed by atoms with E-state index in [0.717, 1.165) is 5.69 Å². The van der Waals surface area contributed by atoms with Crippen LogP contribution in [0.2, 0.25) is 0 Å². The van der Waals surface area contributed by atoms with E-state index < -0.39 is 6.61 Å². The molecule has 0 aliphatic rings. The molecule has 0 bridgehead atoms. The zero-order chi connectivity index (χ0) is 18.4. The number of benzene rings is 1. The number of alkyl halides is 2. The Labute approximate surface area is 144 Å². The second-order valence-electron chi connectivity index (χ2n) is 6.21. The van der Waals surface area contributed by atoms with Gasteiger partial charge in [-0.15, -0.1) is 5.10 Å². The molecule has 0 aliphatic heterocycles. The van der Waals surface area contributed by atoms with E-state index in [9.17, 15) is 8.78 Å². The summed E-state index contributed by atoms with van der Waals surface area (Å²) in [6.45, 7) is 3.19. The van der Waals surface area contributed by atoms with E-state index in [0.29, 0.717) is 17.1 Å². The molecule has 0 fully saturated rings. The minimum absolute atomic E-state index is 0.00415. The number of anilines is 1. The van der Waals surface area contributed by atoms with Crippen molar-refractivity contribution in [3.63, 3.8) is 0 Å². The maximum atomic E-state index is 12.5. The van der Waals surface area contributed by atoms with Crippen molar-refractivity contribution in [2.45, 2.75) is 32.8 Å². The minimum Gasteiger partial charge on any atom is -0.497 e. The predicted octanol–water partition coefficient (Wildman–Crippen LogP) is 3.83. The van der Waals surface area contributed by atoms with Crippen LogP contribution < -0.4 is 14.9 Å². The van der Waals surface area contributed by atoms with E-state index in [1.807, 2.05) is 26.8 Å². The van der Waals surface area contributed by atoms with Gasteiger partial charge in [-0.1, -0.05) is 20.8 Å². The van der Waals surface area contributed by atoms with Gasteiger partial charge in [0.1, 0.15) is 11.5 Å². The van der Waals surface area contributed by atoms with Crippen LogP contribution in [0.5, 0.6) is 11.5 Å². The fourth-order valence-corrected chi connectivity index (χ4v) is 1.92. The molecule has 2 rings (SSSR count). The van der Waals surface area contributed by atoms with E-state index in [4.69, 9.17) is 4.74 Å². The third kappa shape index (κ3) is 5.37. The zero-order valence-electron chi connectivity index (χ0n) is 14.5. The second-order valence-corrected chi connectivity index (χ2v) is 6.21. The standard InChI is InChI=1S/C17H20F2N4O2/c1-17(2,3)14-7-8-15(23-21-14)22-20-10-11-9-12(24-4)5-6-13(11)25-16(18)19/h5-10,16H,1-4H3,(H,22,23)/b20-10+. The van der Waals surface area contributed by atoms with E-state index in [1.165, 1.54) is 31.5 Å². The number of methoxy groups -OCH3 is 1. The molecule has 0 radical (unpaired) electrons. The topological polar surface area (TPSA) is 68.6 Å². The smallest absolute Gasteiger partial charge is 0.387 e. The lowest BCUT2D eigenvalue weighted by molar-refractivity contribution is -0.0499. The number of nitrogens with one attached hydrogen (secondary N) is 1. The predicted molar refractivity (Wildman–Crippen MR) is 91.6 cm³/mol. The van der Waals surface area contributed by atoms with Crippen LogP contribution in [-0.4, -0.2) is 30.1 Å². The summed E-state index contributed by atoms with van der Waals surface area (Å²) in [5.74, 6) is 0.927. The zero-order valence-corrected chi connectivity index (χ0v) is 14.5. The van der Waals surface area contributed by atoms with Gasteiger partial charge in [0.15, 0.2) is 5.82 Å². The summed E-state index contributed by atoms with van der Waals surface area (Å²) in [5, 5.41) is 12.1. The molecule has 1 aromatic heterocycles. The van der Waals surface area contributed by atoms with Crippen LogP contribution in [0.1, 0.15) is 32.0 Å². The number of hydrogen-bond acceptors (Lipinski definition) is 6. The Balaban J connectivity index is 2.13. The van der Waals surface area contributed by atoms with Crippen molar-refractivity contribution in [3.05, 3.63) is 41.6 Å². The molecule has 25 heavy (non-hydrogen) atoms. The number of aromatic nitrogens is 2. The van der Waals surface area contributed by atoms with Crippen molar-refractivity contribution in [3.8, 4) is 11.5 Å². The molecule has 2 aromatic rings. The van der Waals surface area contributed by atoms with Crippen LogP contribution in [0, 0.1) is 0 Å². The van der Waals surface area contributed by atoms with Crippen molar-refractivity contribution in [2.75, 3.05) is 12.5 Å². The summed E-state index contributed by atoms with van der Waals surface area (Å²) in [4.78, 5) is 0. The largest absolute Gasteiger partial charge is 0.497 e. The molecule has 0 aliphatic carbocycles. The molecule has 1 heterocycles. The van der Waals surface area contributed by atoms with Gasteiger partial charge in [0.05, 0.1) is 19.0 Å². The average Bonchev–Trinajstić information content (AvgIpc) is 2.55. The summed E-state index contributed by atoms with van der Waals surface area (Å²) in [6, 6.07) is 8.05. The molecule has 0 spiro atoms. The number of nitrogens with zero attached hydrogens (tertiary/aromatic N) is 3. The van der Waals surface area contributed by atoms with E-state index in [1.54, 1.807) is 6.07 Å². The Morgan fingerprint density at radius 1 is 1.16 bits per heavy atom. The fourth-order valence-electron chi connectivity index (χ4n) is 1.92. The molecular weight excluding hydrogens is 330 g/mol. The van der Waals surface area contributed by atoms with Crippen molar-refractivity contribution in [1.29, 1.82) is 0 Å². The molecule has 0 amide bonds. The second kappa shape index (κ2) is 7.87. The molecule has 1 aromatic carbocycles. The molecule has 0 unspecified atom stereocenters.